The number of aromatic amines is 1. The lowest BCUT2D eigenvalue weighted by Crippen LogP contribution is -2.28. The molecule has 1 aliphatic carbocycles. The Balaban J connectivity index is 1.63. The quantitative estimate of drug-likeness (QED) is 0.796. The van der Waals surface area contributed by atoms with Crippen molar-refractivity contribution in [3.05, 3.63) is 36.0 Å². The topological polar surface area (TPSA) is 93.6 Å². The number of piperidine rings is 1. The van der Waals surface area contributed by atoms with E-state index in [1.807, 2.05) is 35.4 Å². The van der Waals surface area contributed by atoms with E-state index < -0.39 is 22.8 Å². The molecule has 0 bridgehead atoms. The third-order valence-electron chi connectivity index (χ3n) is 5.28. The number of nitrogens with zero attached hydrogens (tertiary/aromatic N) is 1. The van der Waals surface area contributed by atoms with Gasteiger partial charge < -0.3 is 15.2 Å². The first-order chi connectivity index (χ1) is 10.5. The van der Waals surface area contributed by atoms with Crippen molar-refractivity contribution < 1.29 is 19.8 Å². The summed E-state index contributed by atoms with van der Waals surface area (Å²) >= 11 is 0. The number of carbonyl (C=O) groups is 2. The molecule has 0 amide bonds. The first-order valence-corrected chi connectivity index (χ1v) is 7.23. The Kier molecular flexibility index (Phi) is 2.49. The van der Waals surface area contributed by atoms with Gasteiger partial charge in [-0.2, -0.15) is 0 Å². The highest BCUT2D eigenvalue weighted by atomic mass is 16.4. The van der Waals surface area contributed by atoms with Gasteiger partial charge in [-0.15, -0.1) is 0 Å². The van der Waals surface area contributed by atoms with Crippen molar-refractivity contribution in [2.45, 2.75) is 13.0 Å². The van der Waals surface area contributed by atoms with E-state index in [-0.39, 0.29) is 6.42 Å². The fourth-order valence-electron chi connectivity index (χ4n) is 4.04. The lowest BCUT2D eigenvalue weighted by molar-refractivity contribution is -0.151. The number of H-pyrrole nitrogens is 1. The van der Waals surface area contributed by atoms with Crippen LogP contribution in [-0.4, -0.2) is 45.1 Å². The third kappa shape index (κ3) is 1.53. The maximum absolute atomic E-state index is 11.5. The lowest BCUT2D eigenvalue weighted by Gasteiger charge is -2.20. The van der Waals surface area contributed by atoms with Crippen molar-refractivity contribution in [2.24, 2.45) is 10.8 Å². The molecule has 4 rings (SSSR count). The van der Waals surface area contributed by atoms with Crippen LogP contribution in [0, 0.1) is 10.8 Å². The molecule has 2 fully saturated rings. The maximum atomic E-state index is 11.5. The summed E-state index contributed by atoms with van der Waals surface area (Å²) in [4.78, 5) is 28.2. The zero-order valence-corrected chi connectivity index (χ0v) is 11.9. The number of aromatic nitrogens is 1. The Hall–Kier alpha value is -2.34. The van der Waals surface area contributed by atoms with E-state index in [0.717, 1.165) is 16.5 Å². The van der Waals surface area contributed by atoms with Crippen LogP contribution in [0.2, 0.25) is 0 Å². The normalized spacial score (nSPS) is 30.4. The second kappa shape index (κ2) is 4.10. The minimum Gasteiger partial charge on any atom is -0.481 e. The minimum absolute atomic E-state index is 0.246. The monoisotopic (exact) mass is 300 g/mol. The largest absolute Gasteiger partial charge is 0.481 e. The molecule has 114 valence electrons. The lowest BCUT2D eigenvalue weighted by atomic mass is 9.97. The van der Waals surface area contributed by atoms with Crippen LogP contribution in [0.25, 0.3) is 10.9 Å². The van der Waals surface area contributed by atoms with E-state index in [4.69, 9.17) is 0 Å². The molecule has 3 N–H and O–H groups in total. The van der Waals surface area contributed by atoms with Gasteiger partial charge in [0.1, 0.15) is 0 Å². The number of nitrogens with one attached hydrogen (secondary N) is 1. The summed E-state index contributed by atoms with van der Waals surface area (Å²) in [5.74, 6) is -1.98. The number of carboxylic acid groups (broad SMARTS) is 2. The molecule has 1 saturated heterocycles. The van der Waals surface area contributed by atoms with Gasteiger partial charge in [0.05, 0.1) is 10.8 Å². The van der Waals surface area contributed by atoms with Crippen LogP contribution in [0.4, 0.5) is 0 Å². The van der Waals surface area contributed by atoms with Gasteiger partial charge in [-0.05, 0) is 24.1 Å². The van der Waals surface area contributed by atoms with Gasteiger partial charge in [0.2, 0.25) is 0 Å². The highest BCUT2D eigenvalue weighted by molar-refractivity contribution is 5.94. The van der Waals surface area contributed by atoms with E-state index in [1.165, 1.54) is 0 Å². The number of carboxylic acids is 2. The molecule has 1 saturated carbocycles. The average Bonchev–Trinajstić information content (AvgIpc) is 2.83. The highest BCUT2D eigenvalue weighted by Crippen LogP contribution is 2.68. The predicted molar refractivity (Wildman–Crippen MR) is 78.3 cm³/mol. The summed E-state index contributed by atoms with van der Waals surface area (Å²) in [6, 6.07) is 7.92. The molecule has 0 unspecified atom stereocenters. The van der Waals surface area contributed by atoms with Crippen molar-refractivity contribution >= 4 is 22.8 Å². The van der Waals surface area contributed by atoms with Gasteiger partial charge >= 0.3 is 11.9 Å². The predicted octanol–water partition coefficient (Wildman–Crippen LogP) is 1.53. The van der Waals surface area contributed by atoms with E-state index >= 15 is 0 Å². The average molecular weight is 300 g/mol. The molecule has 22 heavy (non-hydrogen) atoms. The zero-order chi connectivity index (χ0) is 15.5. The van der Waals surface area contributed by atoms with Gasteiger partial charge in [0, 0.05) is 36.7 Å². The number of likely N-dealkylation sites (tertiary alicyclic amines) is 1. The molecular formula is C16H16N2O4. The molecule has 6 heteroatoms. The first kappa shape index (κ1) is 13.3. The molecule has 0 spiro atoms. The van der Waals surface area contributed by atoms with E-state index in [1.54, 1.807) is 0 Å². The molecule has 1 aliphatic heterocycles. The van der Waals surface area contributed by atoms with Crippen LogP contribution < -0.4 is 0 Å². The standard InChI is InChI=1S/C16H16N2O4/c19-13(20)15-7-16(15,14(21)22)9-18(8-15)6-10-2-1-3-12-11(10)4-5-17-12/h1-5,17H,6-9H2,(H,19,20)(H,21,22)/t15-,16+. The molecule has 2 aliphatic rings. The van der Waals surface area contributed by atoms with E-state index in [9.17, 15) is 19.8 Å². The van der Waals surface area contributed by atoms with Crippen molar-refractivity contribution in [3.8, 4) is 0 Å². The fourth-order valence-corrected chi connectivity index (χ4v) is 4.04. The highest BCUT2D eigenvalue weighted by Gasteiger charge is 2.80. The molecule has 1 aromatic carbocycles. The molecule has 2 atom stereocenters. The van der Waals surface area contributed by atoms with E-state index in [2.05, 4.69) is 4.98 Å². The number of benzene rings is 1. The van der Waals surface area contributed by atoms with Gasteiger partial charge in [-0.25, -0.2) is 0 Å². The van der Waals surface area contributed by atoms with Crippen molar-refractivity contribution in [1.82, 2.24) is 9.88 Å². The van der Waals surface area contributed by atoms with Crippen molar-refractivity contribution in [2.75, 3.05) is 13.1 Å². The Morgan fingerprint density at radius 2 is 1.82 bits per heavy atom. The molecule has 1 aromatic heterocycles. The number of rotatable bonds is 4. The zero-order valence-electron chi connectivity index (χ0n) is 11.9. The molecular weight excluding hydrogens is 284 g/mol. The fraction of sp³-hybridized carbons (Fsp3) is 0.375. The smallest absolute Gasteiger partial charge is 0.312 e. The van der Waals surface area contributed by atoms with Crippen LogP contribution in [0.1, 0.15) is 12.0 Å². The number of hydrogen-bond donors (Lipinski definition) is 3. The third-order valence-corrected chi connectivity index (χ3v) is 5.28. The number of aliphatic carboxylic acids is 2. The van der Waals surface area contributed by atoms with Crippen LogP contribution in [0.3, 0.4) is 0 Å². The van der Waals surface area contributed by atoms with Gasteiger partial charge in [0.25, 0.3) is 0 Å². The Labute approximate surface area is 126 Å². The molecule has 2 aromatic rings. The maximum Gasteiger partial charge on any atom is 0.312 e. The minimum atomic E-state index is -1.11. The second-order valence-electron chi connectivity index (χ2n) is 6.45. The van der Waals surface area contributed by atoms with Crippen LogP contribution in [0.15, 0.2) is 30.5 Å². The molecule has 0 radical (unpaired) electrons. The molecule has 2 heterocycles. The van der Waals surface area contributed by atoms with Crippen LogP contribution in [-0.2, 0) is 16.1 Å². The summed E-state index contributed by atoms with van der Waals surface area (Å²) in [5, 5.41) is 20.0. The Morgan fingerprint density at radius 3 is 2.45 bits per heavy atom. The van der Waals surface area contributed by atoms with Crippen LogP contribution in [0.5, 0.6) is 0 Å². The Morgan fingerprint density at radius 1 is 1.14 bits per heavy atom. The number of fused-ring (bicyclic) bond motifs is 2. The van der Waals surface area contributed by atoms with Gasteiger partial charge in [-0.1, -0.05) is 12.1 Å². The number of hydrogen-bond acceptors (Lipinski definition) is 3. The molecule has 6 nitrogen and oxygen atoms in total. The summed E-state index contributed by atoms with van der Waals surface area (Å²) in [7, 11) is 0. The van der Waals surface area contributed by atoms with Crippen LogP contribution >= 0.6 is 0 Å². The van der Waals surface area contributed by atoms with Gasteiger partial charge in [0.15, 0.2) is 0 Å². The first-order valence-electron chi connectivity index (χ1n) is 7.23. The van der Waals surface area contributed by atoms with E-state index in [0.29, 0.717) is 19.6 Å². The van der Waals surface area contributed by atoms with Crippen molar-refractivity contribution in [3.63, 3.8) is 0 Å². The summed E-state index contributed by atoms with van der Waals surface area (Å²) in [6.45, 7) is 1.17. The SMILES string of the molecule is O=C(O)[C@@]12CN(Cc3cccc4[nH]ccc34)C[C@]1(C(=O)O)C2. The second-order valence-corrected chi connectivity index (χ2v) is 6.45. The summed E-state index contributed by atoms with van der Waals surface area (Å²) in [6.07, 6.45) is 2.11. The van der Waals surface area contributed by atoms with Crippen molar-refractivity contribution in [1.29, 1.82) is 0 Å². The summed E-state index contributed by atoms with van der Waals surface area (Å²) < 4.78 is 0. The Bertz CT molecular complexity index is 770. The summed E-state index contributed by atoms with van der Waals surface area (Å²) in [5.41, 5.74) is -0.0978. The van der Waals surface area contributed by atoms with Gasteiger partial charge in [-0.3, -0.25) is 14.5 Å².